The zero-order chi connectivity index (χ0) is 13.4. The molecule has 0 aliphatic rings. The van der Waals surface area contributed by atoms with E-state index in [1.54, 1.807) is 6.08 Å². The standard InChI is InChI=1S/C15H21NO2/c1-4-11-16-14-10-8-7-9-13(14)12(5-2)15(17)18-6-3/h4,7-10,12,16H,1,5-6,11H2,2-3H3. The van der Waals surface area contributed by atoms with Crippen LogP contribution in [0.15, 0.2) is 36.9 Å². The molecule has 0 aromatic heterocycles. The van der Waals surface area contributed by atoms with E-state index in [4.69, 9.17) is 4.74 Å². The van der Waals surface area contributed by atoms with E-state index in [0.717, 1.165) is 17.7 Å². The summed E-state index contributed by atoms with van der Waals surface area (Å²) in [5, 5.41) is 3.25. The van der Waals surface area contributed by atoms with Gasteiger partial charge < -0.3 is 10.1 Å². The maximum absolute atomic E-state index is 11.9. The van der Waals surface area contributed by atoms with Crippen molar-refractivity contribution < 1.29 is 9.53 Å². The molecule has 0 aliphatic heterocycles. The molecule has 0 bridgehead atoms. The third-order valence-corrected chi connectivity index (χ3v) is 2.75. The van der Waals surface area contributed by atoms with Gasteiger partial charge in [0.2, 0.25) is 0 Å². The van der Waals surface area contributed by atoms with Crippen LogP contribution < -0.4 is 5.32 Å². The van der Waals surface area contributed by atoms with E-state index in [0.29, 0.717) is 13.2 Å². The number of carbonyl (C=O) groups is 1. The molecular weight excluding hydrogens is 226 g/mol. The molecule has 18 heavy (non-hydrogen) atoms. The van der Waals surface area contributed by atoms with Crippen molar-refractivity contribution in [2.75, 3.05) is 18.5 Å². The molecule has 3 nitrogen and oxygen atoms in total. The fourth-order valence-corrected chi connectivity index (χ4v) is 1.90. The molecule has 98 valence electrons. The van der Waals surface area contributed by atoms with Gasteiger partial charge in [0.25, 0.3) is 0 Å². The van der Waals surface area contributed by atoms with E-state index in [-0.39, 0.29) is 11.9 Å². The number of rotatable bonds is 7. The number of carbonyl (C=O) groups excluding carboxylic acids is 1. The summed E-state index contributed by atoms with van der Waals surface area (Å²) in [6, 6.07) is 7.83. The first-order valence-electron chi connectivity index (χ1n) is 6.34. The summed E-state index contributed by atoms with van der Waals surface area (Å²) in [6.45, 7) is 8.59. The molecule has 1 unspecified atom stereocenters. The molecule has 1 N–H and O–H groups in total. The molecular formula is C15H21NO2. The third-order valence-electron chi connectivity index (χ3n) is 2.75. The van der Waals surface area contributed by atoms with Crippen molar-refractivity contribution in [1.82, 2.24) is 0 Å². The van der Waals surface area contributed by atoms with Crippen LogP contribution in [-0.2, 0) is 9.53 Å². The molecule has 0 aliphatic carbocycles. The smallest absolute Gasteiger partial charge is 0.313 e. The van der Waals surface area contributed by atoms with Crippen molar-refractivity contribution in [1.29, 1.82) is 0 Å². The van der Waals surface area contributed by atoms with Crippen LogP contribution in [0, 0.1) is 0 Å². The minimum Gasteiger partial charge on any atom is -0.466 e. The largest absolute Gasteiger partial charge is 0.466 e. The Kier molecular flexibility index (Phi) is 5.98. The number of esters is 1. The Morgan fingerprint density at radius 1 is 1.44 bits per heavy atom. The lowest BCUT2D eigenvalue weighted by atomic mass is 9.95. The Morgan fingerprint density at radius 3 is 2.78 bits per heavy atom. The normalized spacial score (nSPS) is 11.7. The van der Waals surface area contributed by atoms with Crippen molar-refractivity contribution in [2.45, 2.75) is 26.2 Å². The van der Waals surface area contributed by atoms with Crippen LogP contribution in [-0.4, -0.2) is 19.1 Å². The van der Waals surface area contributed by atoms with Gasteiger partial charge in [-0.2, -0.15) is 0 Å². The Morgan fingerprint density at radius 2 is 2.17 bits per heavy atom. The molecule has 1 rings (SSSR count). The van der Waals surface area contributed by atoms with Gasteiger partial charge in [-0.3, -0.25) is 4.79 Å². The van der Waals surface area contributed by atoms with Crippen LogP contribution in [0.25, 0.3) is 0 Å². The molecule has 3 heteroatoms. The third kappa shape index (κ3) is 3.62. The van der Waals surface area contributed by atoms with Crippen molar-refractivity contribution in [3.8, 4) is 0 Å². The Bertz CT molecular complexity index is 401. The Hall–Kier alpha value is -1.77. The van der Waals surface area contributed by atoms with E-state index in [9.17, 15) is 4.79 Å². The number of para-hydroxylation sites is 1. The van der Waals surface area contributed by atoms with Crippen LogP contribution in [0.5, 0.6) is 0 Å². The lowest BCUT2D eigenvalue weighted by Gasteiger charge is -2.18. The van der Waals surface area contributed by atoms with Gasteiger partial charge in [-0.05, 0) is 25.0 Å². The molecule has 1 atom stereocenters. The first-order valence-corrected chi connectivity index (χ1v) is 6.34. The number of nitrogens with one attached hydrogen (secondary N) is 1. The second kappa shape index (κ2) is 7.54. The zero-order valence-electron chi connectivity index (χ0n) is 11.1. The summed E-state index contributed by atoms with van der Waals surface area (Å²) in [5.74, 6) is -0.369. The second-order valence-corrected chi connectivity index (χ2v) is 3.97. The van der Waals surface area contributed by atoms with Crippen LogP contribution in [0.4, 0.5) is 5.69 Å². The molecule has 0 fully saturated rings. The minimum atomic E-state index is -0.210. The van der Waals surface area contributed by atoms with Gasteiger partial charge in [-0.25, -0.2) is 0 Å². The Balaban J connectivity index is 2.96. The maximum Gasteiger partial charge on any atom is 0.313 e. The van der Waals surface area contributed by atoms with E-state index in [1.807, 2.05) is 38.1 Å². The highest BCUT2D eigenvalue weighted by molar-refractivity contribution is 5.80. The molecule has 0 radical (unpaired) electrons. The van der Waals surface area contributed by atoms with E-state index in [1.165, 1.54) is 0 Å². The highest BCUT2D eigenvalue weighted by atomic mass is 16.5. The first-order chi connectivity index (χ1) is 8.74. The summed E-state index contributed by atoms with van der Waals surface area (Å²) in [4.78, 5) is 11.9. The predicted octanol–water partition coefficient (Wildman–Crippen LogP) is 3.34. The lowest BCUT2D eigenvalue weighted by Crippen LogP contribution is -2.17. The average Bonchev–Trinajstić information content (AvgIpc) is 2.39. The van der Waals surface area contributed by atoms with Crippen molar-refractivity contribution in [3.63, 3.8) is 0 Å². The topological polar surface area (TPSA) is 38.3 Å². The number of benzene rings is 1. The van der Waals surface area contributed by atoms with Crippen molar-refractivity contribution >= 4 is 11.7 Å². The van der Waals surface area contributed by atoms with Gasteiger partial charge in [0.15, 0.2) is 0 Å². The van der Waals surface area contributed by atoms with Crippen molar-refractivity contribution in [3.05, 3.63) is 42.5 Å². The average molecular weight is 247 g/mol. The summed E-state index contributed by atoms with van der Waals surface area (Å²) in [7, 11) is 0. The highest BCUT2D eigenvalue weighted by Crippen LogP contribution is 2.28. The molecule has 0 saturated carbocycles. The summed E-state index contributed by atoms with van der Waals surface area (Å²) < 4.78 is 5.12. The minimum absolute atomic E-state index is 0.159. The Labute approximate surface area is 109 Å². The predicted molar refractivity (Wildman–Crippen MR) is 74.8 cm³/mol. The lowest BCUT2D eigenvalue weighted by molar-refractivity contribution is -0.145. The SMILES string of the molecule is C=CCNc1ccccc1C(CC)C(=O)OCC. The van der Waals surface area contributed by atoms with Crippen LogP contribution in [0.1, 0.15) is 31.7 Å². The number of ether oxygens (including phenoxy) is 1. The van der Waals surface area contributed by atoms with Gasteiger partial charge in [0, 0.05) is 12.2 Å². The van der Waals surface area contributed by atoms with Crippen LogP contribution in [0.2, 0.25) is 0 Å². The van der Waals surface area contributed by atoms with Crippen LogP contribution in [0.3, 0.4) is 0 Å². The maximum atomic E-state index is 11.9. The van der Waals surface area contributed by atoms with Gasteiger partial charge >= 0.3 is 5.97 Å². The molecule has 0 saturated heterocycles. The number of anilines is 1. The summed E-state index contributed by atoms with van der Waals surface area (Å²) >= 11 is 0. The van der Waals surface area contributed by atoms with Crippen molar-refractivity contribution in [2.24, 2.45) is 0 Å². The van der Waals surface area contributed by atoms with E-state index in [2.05, 4.69) is 11.9 Å². The number of hydrogen-bond acceptors (Lipinski definition) is 3. The quantitative estimate of drug-likeness (QED) is 0.593. The zero-order valence-corrected chi connectivity index (χ0v) is 11.1. The van der Waals surface area contributed by atoms with Gasteiger partial charge in [0.05, 0.1) is 12.5 Å². The fraction of sp³-hybridized carbons (Fsp3) is 0.400. The first kappa shape index (κ1) is 14.3. The second-order valence-electron chi connectivity index (χ2n) is 3.97. The molecule has 0 amide bonds. The monoisotopic (exact) mass is 247 g/mol. The summed E-state index contributed by atoms with van der Waals surface area (Å²) in [6.07, 6.45) is 2.52. The fourth-order valence-electron chi connectivity index (χ4n) is 1.90. The van der Waals surface area contributed by atoms with Crippen LogP contribution >= 0.6 is 0 Å². The van der Waals surface area contributed by atoms with Gasteiger partial charge in [0.1, 0.15) is 0 Å². The van der Waals surface area contributed by atoms with Gasteiger partial charge in [-0.15, -0.1) is 6.58 Å². The van der Waals surface area contributed by atoms with Gasteiger partial charge in [-0.1, -0.05) is 31.2 Å². The van der Waals surface area contributed by atoms with E-state index >= 15 is 0 Å². The molecule has 1 aromatic carbocycles. The van der Waals surface area contributed by atoms with E-state index < -0.39 is 0 Å². The summed E-state index contributed by atoms with van der Waals surface area (Å²) in [5.41, 5.74) is 1.96. The molecule has 1 aromatic rings. The molecule has 0 spiro atoms. The number of hydrogen-bond donors (Lipinski definition) is 1. The highest BCUT2D eigenvalue weighted by Gasteiger charge is 2.22. The molecule has 0 heterocycles.